The monoisotopic (exact) mass is 452 g/mol. The van der Waals surface area contributed by atoms with Crippen molar-refractivity contribution in [2.45, 2.75) is 43.5 Å². The molecule has 4 rings (SSSR count). The molecule has 166 valence electrons. The number of ketones is 1. The Labute approximate surface area is 186 Å². The highest BCUT2D eigenvalue weighted by molar-refractivity contribution is 7.89. The molecule has 3 aromatic rings. The molecule has 1 amide bonds. The van der Waals surface area contributed by atoms with Gasteiger partial charge in [0.15, 0.2) is 5.78 Å². The number of carbonyl (C=O) groups is 2. The van der Waals surface area contributed by atoms with Gasteiger partial charge in [-0.25, -0.2) is 13.1 Å². The summed E-state index contributed by atoms with van der Waals surface area (Å²) in [6.07, 6.45) is 4.83. The first-order valence-corrected chi connectivity index (χ1v) is 12.0. The smallest absolute Gasteiger partial charge is 0.240 e. The number of furan rings is 1. The number of hydrogen-bond donors (Lipinski definition) is 2. The first-order chi connectivity index (χ1) is 15.4. The molecule has 0 fully saturated rings. The Kier molecular flexibility index (Phi) is 6.53. The van der Waals surface area contributed by atoms with Crippen molar-refractivity contribution in [3.8, 4) is 0 Å². The average Bonchev–Trinajstić information content (AvgIpc) is 3.48. The van der Waals surface area contributed by atoms with Gasteiger partial charge >= 0.3 is 0 Å². The molecule has 1 aliphatic rings. The standard InChI is InChI=1S/C24H24N2O5S/c27-23(19-7-6-17-3-1-4-18(17)15-19)12-13-24(28)26-20-8-10-22(11-9-20)32(29,30)25-16-21-5-2-14-31-21/h2,5-11,14-15,25H,1,3-4,12-13,16H2,(H,26,28). The van der Waals surface area contributed by atoms with Crippen molar-refractivity contribution in [2.24, 2.45) is 0 Å². The molecule has 0 bridgehead atoms. The maximum atomic E-state index is 12.4. The van der Waals surface area contributed by atoms with E-state index in [0.29, 0.717) is 17.0 Å². The third-order valence-corrected chi connectivity index (χ3v) is 6.88. The molecule has 32 heavy (non-hydrogen) atoms. The van der Waals surface area contributed by atoms with Gasteiger partial charge < -0.3 is 9.73 Å². The van der Waals surface area contributed by atoms with Gasteiger partial charge in [-0.2, -0.15) is 0 Å². The summed E-state index contributed by atoms with van der Waals surface area (Å²) in [5.74, 6) is 0.150. The molecule has 0 spiro atoms. The Hall–Kier alpha value is -3.23. The average molecular weight is 453 g/mol. The molecular weight excluding hydrogens is 428 g/mol. The van der Waals surface area contributed by atoms with Crippen LogP contribution in [0.3, 0.4) is 0 Å². The lowest BCUT2D eigenvalue weighted by Gasteiger charge is -2.08. The highest BCUT2D eigenvalue weighted by atomic mass is 32.2. The van der Waals surface area contributed by atoms with Crippen molar-refractivity contribution in [1.82, 2.24) is 4.72 Å². The Morgan fingerprint density at radius 2 is 1.72 bits per heavy atom. The Bertz CT molecular complexity index is 1220. The van der Waals surface area contributed by atoms with Gasteiger partial charge in [-0.15, -0.1) is 0 Å². The van der Waals surface area contributed by atoms with Crippen LogP contribution in [0.4, 0.5) is 5.69 Å². The van der Waals surface area contributed by atoms with Crippen LogP contribution in [0.2, 0.25) is 0 Å². The lowest BCUT2D eigenvalue weighted by Crippen LogP contribution is -2.23. The summed E-state index contributed by atoms with van der Waals surface area (Å²) in [5, 5.41) is 2.70. The second kappa shape index (κ2) is 9.50. The molecule has 1 heterocycles. The second-order valence-corrected chi connectivity index (χ2v) is 9.50. The molecule has 2 aromatic carbocycles. The molecule has 1 aromatic heterocycles. The van der Waals surface area contributed by atoms with Crippen LogP contribution in [0.5, 0.6) is 0 Å². The van der Waals surface area contributed by atoms with Crippen LogP contribution in [-0.4, -0.2) is 20.1 Å². The molecule has 0 saturated carbocycles. The van der Waals surface area contributed by atoms with E-state index in [2.05, 4.69) is 10.0 Å². The predicted octanol–water partition coefficient (Wildman–Crippen LogP) is 3.85. The molecule has 7 nitrogen and oxygen atoms in total. The van der Waals surface area contributed by atoms with Gasteiger partial charge in [0.05, 0.1) is 17.7 Å². The van der Waals surface area contributed by atoms with E-state index in [1.807, 2.05) is 18.2 Å². The molecular formula is C24H24N2O5S. The Morgan fingerprint density at radius 1 is 0.938 bits per heavy atom. The van der Waals surface area contributed by atoms with Gasteiger partial charge in [0.25, 0.3) is 0 Å². The van der Waals surface area contributed by atoms with E-state index in [9.17, 15) is 18.0 Å². The number of hydrogen-bond acceptors (Lipinski definition) is 5. The van der Waals surface area contributed by atoms with Gasteiger partial charge in [0.1, 0.15) is 5.76 Å². The molecule has 0 saturated heterocycles. The maximum Gasteiger partial charge on any atom is 0.240 e. The van der Waals surface area contributed by atoms with Gasteiger partial charge in [-0.05, 0) is 72.9 Å². The lowest BCUT2D eigenvalue weighted by molar-refractivity contribution is -0.116. The molecule has 0 aliphatic heterocycles. The number of benzene rings is 2. The number of Topliss-reactive ketones (excluding diaryl/α,β-unsaturated/α-hetero) is 1. The fourth-order valence-electron chi connectivity index (χ4n) is 3.72. The zero-order valence-electron chi connectivity index (χ0n) is 17.5. The van der Waals surface area contributed by atoms with Gasteiger partial charge in [0, 0.05) is 24.1 Å². The quantitative estimate of drug-likeness (QED) is 0.480. The van der Waals surface area contributed by atoms with E-state index in [4.69, 9.17) is 4.42 Å². The number of rotatable bonds is 9. The fraction of sp³-hybridized carbons (Fsp3) is 0.250. The van der Waals surface area contributed by atoms with E-state index < -0.39 is 10.0 Å². The summed E-state index contributed by atoms with van der Waals surface area (Å²) in [4.78, 5) is 24.8. The third kappa shape index (κ3) is 5.33. The van der Waals surface area contributed by atoms with Gasteiger partial charge in [-0.3, -0.25) is 9.59 Å². The first-order valence-electron chi connectivity index (χ1n) is 10.5. The highest BCUT2D eigenvalue weighted by Gasteiger charge is 2.16. The summed E-state index contributed by atoms with van der Waals surface area (Å²) in [5.41, 5.74) is 3.65. The van der Waals surface area contributed by atoms with Crippen LogP contribution in [0.1, 0.15) is 46.5 Å². The molecule has 0 unspecified atom stereocenters. The molecule has 8 heteroatoms. The Balaban J connectivity index is 1.28. The number of anilines is 1. The number of aryl methyl sites for hydroxylation is 2. The van der Waals surface area contributed by atoms with Crippen LogP contribution in [0, 0.1) is 0 Å². The van der Waals surface area contributed by atoms with Crippen molar-refractivity contribution in [2.75, 3.05) is 5.32 Å². The maximum absolute atomic E-state index is 12.4. The summed E-state index contributed by atoms with van der Waals surface area (Å²) in [7, 11) is -3.71. The number of fused-ring (bicyclic) bond motifs is 1. The van der Waals surface area contributed by atoms with Crippen LogP contribution in [0.25, 0.3) is 0 Å². The molecule has 2 N–H and O–H groups in total. The van der Waals surface area contributed by atoms with Crippen LogP contribution >= 0.6 is 0 Å². The number of sulfonamides is 1. The second-order valence-electron chi connectivity index (χ2n) is 7.74. The predicted molar refractivity (Wildman–Crippen MR) is 120 cm³/mol. The summed E-state index contributed by atoms with van der Waals surface area (Å²) in [6.45, 7) is 0.0477. The van der Waals surface area contributed by atoms with E-state index in [1.165, 1.54) is 41.7 Å². The van der Waals surface area contributed by atoms with Crippen molar-refractivity contribution in [1.29, 1.82) is 0 Å². The van der Waals surface area contributed by atoms with Crippen LogP contribution in [-0.2, 0) is 34.2 Å². The van der Waals surface area contributed by atoms with Crippen molar-refractivity contribution < 1.29 is 22.4 Å². The van der Waals surface area contributed by atoms with E-state index in [-0.39, 0.29) is 36.0 Å². The molecule has 0 radical (unpaired) electrons. The summed E-state index contributed by atoms with van der Waals surface area (Å²) < 4.78 is 32.3. The Morgan fingerprint density at radius 3 is 2.47 bits per heavy atom. The van der Waals surface area contributed by atoms with Crippen LogP contribution < -0.4 is 10.0 Å². The minimum atomic E-state index is -3.71. The number of carbonyl (C=O) groups excluding carboxylic acids is 2. The number of nitrogens with one attached hydrogen (secondary N) is 2. The normalized spacial score (nSPS) is 13.0. The van der Waals surface area contributed by atoms with Crippen LogP contribution in [0.15, 0.2) is 70.2 Å². The van der Waals surface area contributed by atoms with E-state index >= 15 is 0 Å². The number of amides is 1. The molecule has 1 aliphatic carbocycles. The largest absolute Gasteiger partial charge is 0.468 e. The van der Waals surface area contributed by atoms with Crippen molar-refractivity contribution in [3.05, 3.63) is 83.3 Å². The molecule has 0 atom stereocenters. The van der Waals surface area contributed by atoms with Gasteiger partial charge in [-0.1, -0.05) is 12.1 Å². The zero-order chi connectivity index (χ0) is 22.6. The summed E-state index contributed by atoms with van der Waals surface area (Å²) in [6, 6.07) is 15.0. The SMILES string of the molecule is O=C(CCC(=O)c1ccc2c(c1)CCC2)Nc1ccc(S(=O)(=O)NCc2ccco2)cc1. The lowest BCUT2D eigenvalue weighted by atomic mass is 10.0. The fourth-order valence-corrected chi connectivity index (χ4v) is 4.71. The van der Waals surface area contributed by atoms with E-state index in [0.717, 1.165) is 19.3 Å². The van der Waals surface area contributed by atoms with Crippen molar-refractivity contribution >= 4 is 27.4 Å². The highest BCUT2D eigenvalue weighted by Crippen LogP contribution is 2.23. The van der Waals surface area contributed by atoms with Gasteiger partial charge in [0.2, 0.25) is 15.9 Å². The first kappa shape index (κ1) is 22.0. The third-order valence-electron chi connectivity index (χ3n) is 5.46. The minimum absolute atomic E-state index is 0.0477. The topological polar surface area (TPSA) is 105 Å². The van der Waals surface area contributed by atoms with Crippen molar-refractivity contribution in [3.63, 3.8) is 0 Å². The van der Waals surface area contributed by atoms with E-state index in [1.54, 1.807) is 12.1 Å². The zero-order valence-corrected chi connectivity index (χ0v) is 18.3. The minimum Gasteiger partial charge on any atom is -0.468 e. The summed E-state index contributed by atoms with van der Waals surface area (Å²) >= 11 is 0.